The first-order valence-electron chi connectivity index (χ1n) is 5.63. The molecule has 0 aliphatic carbocycles. The van der Waals surface area contributed by atoms with Crippen LogP contribution in [0.2, 0.25) is 0 Å². The third kappa shape index (κ3) is 2.96. The van der Waals surface area contributed by atoms with Crippen LogP contribution < -0.4 is 5.32 Å². The number of likely N-dealkylation sites (N-methyl/N-ethyl adjacent to an activating group) is 1. The first kappa shape index (κ1) is 13.6. The van der Waals surface area contributed by atoms with Gasteiger partial charge in [0.25, 0.3) is 0 Å². The van der Waals surface area contributed by atoms with Gasteiger partial charge < -0.3 is 5.32 Å². The lowest BCUT2D eigenvalue weighted by atomic mass is 10.0. The Morgan fingerprint density at radius 3 is 2.89 bits per heavy atom. The highest BCUT2D eigenvalue weighted by Crippen LogP contribution is 2.28. The molecule has 2 nitrogen and oxygen atoms in total. The van der Waals surface area contributed by atoms with Crippen LogP contribution in [0.1, 0.15) is 22.2 Å². The van der Waals surface area contributed by atoms with Crippen LogP contribution in [-0.2, 0) is 6.42 Å². The molecule has 0 saturated carbocycles. The fourth-order valence-corrected chi connectivity index (χ4v) is 3.21. The fraction of sp³-hybridized carbons (Fsp3) is 0.308. The lowest BCUT2D eigenvalue weighted by Gasteiger charge is -2.16. The molecule has 2 aromatic rings. The van der Waals surface area contributed by atoms with E-state index in [0.717, 1.165) is 22.2 Å². The molecule has 1 N–H and O–H groups in total. The van der Waals surface area contributed by atoms with E-state index in [1.807, 2.05) is 19.5 Å². The van der Waals surface area contributed by atoms with Crippen LogP contribution in [0.15, 0.2) is 28.2 Å². The summed E-state index contributed by atoms with van der Waals surface area (Å²) >= 11 is 5.09. The van der Waals surface area contributed by atoms with Gasteiger partial charge in [-0.25, -0.2) is 9.37 Å². The van der Waals surface area contributed by atoms with Gasteiger partial charge in [0.15, 0.2) is 0 Å². The summed E-state index contributed by atoms with van der Waals surface area (Å²) in [5, 5.41) is 3.27. The number of thiazole rings is 1. The second-order valence-electron chi connectivity index (χ2n) is 4.08. The number of nitrogens with zero attached hydrogens (tertiary/aromatic N) is 1. The molecule has 0 spiro atoms. The number of aryl methyl sites for hydroxylation is 1. The highest BCUT2D eigenvalue weighted by Gasteiger charge is 2.16. The van der Waals surface area contributed by atoms with E-state index in [0.29, 0.717) is 0 Å². The molecule has 0 fully saturated rings. The fourth-order valence-electron chi connectivity index (χ4n) is 1.89. The van der Waals surface area contributed by atoms with Crippen LogP contribution in [0, 0.1) is 12.7 Å². The Hall–Kier alpha value is -0.780. The molecule has 18 heavy (non-hydrogen) atoms. The molecule has 0 saturated heterocycles. The molecule has 0 bridgehead atoms. The summed E-state index contributed by atoms with van der Waals surface area (Å²) in [6.07, 6.45) is 0.734. The van der Waals surface area contributed by atoms with Crippen molar-refractivity contribution >= 4 is 27.3 Å². The number of halogens is 2. The second-order valence-corrected chi connectivity index (χ2v) is 5.82. The first-order chi connectivity index (χ1) is 8.61. The summed E-state index contributed by atoms with van der Waals surface area (Å²) in [6, 6.07) is 4.94. The Labute approximate surface area is 118 Å². The summed E-state index contributed by atoms with van der Waals surface area (Å²) in [7, 11) is 1.91. The van der Waals surface area contributed by atoms with Gasteiger partial charge in [-0.15, -0.1) is 11.3 Å². The SMILES string of the molecule is CNC(Cc1cc(F)ccc1Br)c1scnc1C. The van der Waals surface area contributed by atoms with E-state index in [2.05, 4.69) is 26.2 Å². The quantitative estimate of drug-likeness (QED) is 0.921. The van der Waals surface area contributed by atoms with Crippen molar-refractivity contribution in [2.45, 2.75) is 19.4 Å². The third-order valence-electron chi connectivity index (χ3n) is 2.88. The highest BCUT2D eigenvalue weighted by atomic mass is 79.9. The van der Waals surface area contributed by atoms with Crippen molar-refractivity contribution in [3.8, 4) is 0 Å². The summed E-state index contributed by atoms with van der Waals surface area (Å²) in [4.78, 5) is 5.46. The molecule has 1 unspecified atom stereocenters. The molecule has 5 heteroatoms. The second kappa shape index (κ2) is 5.91. The van der Waals surface area contributed by atoms with Crippen molar-refractivity contribution in [1.29, 1.82) is 0 Å². The van der Waals surface area contributed by atoms with Crippen LogP contribution in [0.25, 0.3) is 0 Å². The number of hydrogen-bond acceptors (Lipinski definition) is 3. The molecule has 0 aliphatic heterocycles. The van der Waals surface area contributed by atoms with Gasteiger partial charge in [0.1, 0.15) is 5.82 Å². The molecular weight excluding hydrogens is 315 g/mol. The molecule has 2 rings (SSSR count). The van der Waals surface area contributed by atoms with Gasteiger partial charge in [-0.05, 0) is 44.2 Å². The van der Waals surface area contributed by atoms with E-state index in [9.17, 15) is 4.39 Å². The van der Waals surface area contributed by atoms with E-state index >= 15 is 0 Å². The Balaban J connectivity index is 2.26. The average molecular weight is 329 g/mol. The Kier molecular flexibility index (Phi) is 4.48. The molecule has 1 aromatic carbocycles. The normalized spacial score (nSPS) is 12.7. The van der Waals surface area contributed by atoms with Crippen molar-refractivity contribution < 1.29 is 4.39 Å². The predicted octanol–water partition coefficient (Wildman–Crippen LogP) is 3.86. The largest absolute Gasteiger partial charge is 0.312 e. The maximum Gasteiger partial charge on any atom is 0.123 e. The van der Waals surface area contributed by atoms with Gasteiger partial charge in [-0.3, -0.25) is 0 Å². The summed E-state index contributed by atoms with van der Waals surface area (Å²) < 4.78 is 14.2. The molecule has 1 atom stereocenters. The molecule has 1 aromatic heterocycles. The maximum absolute atomic E-state index is 13.3. The Morgan fingerprint density at radius 2 is 2.28 bits per heavy atom. The molecule has 96 valence electrons. The van der Waals surface area contributed by atoms with Crippen molar-refractivity contribution in [3.63, 3.8) is 0 Å². The van der Waals surface area contributed by atoms with Crippen LogP contribution >= 0.6 is 27.3 Å². The van der Waals surface area contributed by atoms with E-state index in [1.165, 1.54) is 10.9 Å². The number of hydrogen-bond donors (Lipinski definition) is 1. The predicted molar refractivity (Wildman–Crippen MR) is 76.5 cm³/mol. The number of aromatic nitrogens is 1. The molecule has 0 amide bonds. The lowest BCUT2D eigenvalue weighted by Crippen LogP contribution is -2.19. The van der Waals surface area contributed by atoms with Gasteiger partial charge >= 0.3 is 0 Å². The monoisotopic (exact) mass is 328 g/mol. The summed E-state index contributed by atoms with van der Waals surface area (Å²) in [6.45, 7) is 2.00. The lowest BCUT2D eigenvalue weighted by molar-refractivity contribution is 0.587. The van der Waals surface area contributed by atoms with E-state index < -0.39 is 0 Å². The smallest absolute Gasteiger partial charge is 0.123 e. The summed E-state index contributed by atoms with van der Waals surface area (Å²) in [5.74, 6) is -0.205. The molecule has 0 aliphatic rings. The zero-order chi connectivity index (χ0) is 13.1. The summed E-state index contributed by atoms with van der Waals surface area (Å²) in [5.41, 5.74) is 3.84. The average Bonchev–Trinajstić information content (AvgIpc) is 2.77. The van der Waals surface area contributed by atoms with Crippen LogP contribution in [0.3, 0.4) is 0 Å². The van der Waals surface area contributed by atoms with Crippen molar-refractivity contribution in [1.82, 2.24) is 10.3 Å². The number of nitrogens with one attached hydrogen (secondary N) is 1. The molecular formula is C13H14BrFN2S. The van der Waals surface area contributed by atoms with Crippen LogP contribution in [0.5, 0.6) is 0 Å². The standard InChI is InChI=1S/C13H14BrFN2S/c1-8-13(18-7-17-8)12(16-2)6-9-5-10(15)3-4-11(9)14/h3-5,7,12,16H,6H2,1-2H3. The van der Waals surface area contributed by atoms with Gasteiger partial charge in [0, 0.05) is 15.4 Å². The van der Waals surface area contributed by atoms with Crippen LogP contribution in [-0.4, -0.2) is 12.0 Å². The molecule has 0 radical (unpaired) electrons. The highest BCUT2D eigenvalue weighted by molar-refractivity contribution is 9.10. The maximum atomic E-state index is 13.3. The third-order valence-corrected chi connectivity index (χ3v) is 4.70. The van der Waals surface area contributed by atoms with Crippen LogP contribution in [0.4, 0.5) is 4.39 Å². The first-order valence-corrected chi connectivity index (χ1v) is 7.30. The van der Waals surface area contributed by atoms with Crippen molar-refractivity contribution in [3.05, 3.63) is 50.1 Å². The van der Waals surface area contributed by atoms with Gasteiger partial charge in [-0.1, -0.05) is 15.9 Å². The minimum absolute atomic E-state index is 0.163. The number of rotatable bonds is 4. The topological polar surface area (TPSA) is 24.9 Å². The Bertz CT molecular complexity index is 542. The minimum atomic E-state index is -0.205. The number of benzene rings is 1. The van der Waals surface area contributed by atoms with Gasteiger partial charge in [0.05, 0.1) is 11.2 Å². The molecule has 1 heterocycles. The Morgan fingerprint density at radius 1 is 1.50 bits per heavy atom. The van der Waals surface area contributed by atoms with E-state index in [-0.39, 0.29) is 11.9 Å². The van der Waals surface area contributed by atoms with Gasteiger partial charge in [-0.2, -0.15) is 0 Å². The zero-order valence-electron chi connectivity index (χ0n) is 10.2. The van der Waals surface area contributed by atoms with Crippen molar-refractivity contribution in [2.75, 3.05) is 7.05 Å². The zero-order valence-corrected chi connectivity index (χ0v) is 12.6. The van der Waals surface area contributed by atoms with E-state index in [4.69, 9.17) is 0 Å². The van der Waals surface area contributed by atoms with E-state index in [1.54, 1.807) is 23.5 Å². The van der Waals surface area contributed by atoms with Crippen molar-refractivity contribution in [2.24, 2.45) is 0 Å². The minimum Gasteiger partial charge on any atom is -0.312 e. The van der Waals surface area contributed by atoms with Gasteiger partial charge in [0.2, 0.25) is 0 Å².